The van der Waals surface area contributed by atoms with E-state index in [-0.39, 0.29) is 6.29 Å². The number of thioether (sulfide) groups is 1. The molecule has 0 aromatic carbocycles. The van der Waals surface area contributed by atoms with Crippen LogP contribution in [0, 0.1) is 0 Å². The molecule has 0 saturated carbocycles. The number of nitrogens with two attached hydrogens (primary N) is 1. The maximum absolute atomic E-state index is 5.25. The van der Waals surface area contributed by atoms with Gasteiger partial charge in [-0.25, -0.2) is 0 Å². The molecule has 0 atom stereocenters. The van der Waals surface area contributed by atoms with Gasteiger partial charge in [0.25, 0.3) is 0 Å². The molecular formula is C5H9NO2S2. The highest BCUT2D eigenvalue weighted by Crippen LogP contribution is 2.10. The average Bonchev–Trinajstić information content (AvgIpc) is 2.34. The van der Waals surface area contributed by atoms with Gasteiger partial charge in [0.15, 0.2) is 6.29 Å². The van der Waals surface area contributed by atoms with Gasteiger partial charge in [0.2, 0.25) is 0 Å². The Morgan fingerprint density at radius 1 is 1.60 bits per heavy atom. The number of rotatable bonds is 2. The maximum atomic E-state index is 5.25. The van der Waals surface area contributed by atoms with E-state index in [0.29, 0.717) is 23.3 Å². The SMILES string of the molecule is NC(=S)SCC1OCCO1. The second-order valence-corrected chi connectivity index (χ2v) is 3.56. The van der Waals surface area contributed by atoms with E-state index in [2.05, 4.69) is 12.2 Å². The number of thiocarbonyl (C=S) groups is 1. The lowest BCUT2D eigenvalue weighted by atomic mass is 10.8. The van der Waals surface area contributed by atoms with E-state index in [1.807, 2.05) is 0 Å². The molecule has 0 spiro atoms. The molecular weight excluding hydrogens is 170 g/mol. The largest absolute Gasteiger partial charge is 0.385 e. The molecule has 1 fully saturated rings. The summed E-state index contributed by atoms with van der Waals surface area (Å²) in [7, 11) is 0. The van der Waals surface area contributed by atoms with Gasteiger partial charge in [-0.2, -0.15) is 0 Å². The predicted molar refractivity (Wildman–Crippen MR) is 44.9 cm³/mol. The Morgan fingerprint density at radius 2 is 2.20 bits per heavy atom. The lowest BCUT2D eigenvalue weighted by Gasteiger charge is -2.05. The summed E-state index contributed by atoms with van der Waals surface area (Å²) in [5, 5.41) is 0. The van der Waals surface area contributed by atoms with E-state index in [1.54, 1.807) is 0 Å². The monoisotopic (exact) mass is 179 g/mol. The molecule has 0 amide bonds. The highest BCUT2D eigenvalue weighted by molar-refractivity contribution is 8.22. The van der Waals surface area contributed by atoms with Crippen LogP contribution in [0.4, 0.5) is 0 Å². The summed E-state index contributed by atoms with van der Waals surface area (Å²) in [6.45, 7) is 1.37. The van der Waals surface area contributed by atoms with Gasteiger partial charge in [-0.05, 0) is 0 Å². The first-order valence-corrected chi connectivity index (χ1v) is 4.34. The Bertz CT molecular complexity index is 125. The third-order valence-corrected chi connectivity index (χ3v) is 2.13. The van der Waals surface area contributed by atoms with Crippen LogP contribution in [0.25, 0.3) is 0 Å². The summed E-state index contributed by atoms with van der Waals surface area (Å²) in [5.41, 5.74) is 5.25. The lowest BCUT2D eigenvalue weighted by Crippen LogP contribution is -2.14. The van der Waals surface area contributed by atoms with Crippen LogP contribution in [0.2, 0.25) is 0 Å². The normalized spacial score (nSPS) is 19.6. The quantitative estimate of drug-likeness (QED) is 0.619. The van der Waals surface area contributed by atoms with Crippen molar-refractivity contribution in [1.82, 2.24) is 0 Å². The van der Waals surface area contributed by atoms with Crippen molar-refractivity contribution in [2.75, 3.05) is 19.0 Å². The molecule has 0 aromatic rings. The fourth-order valence-electron chi connectivity index (χ4n) is 0.654. The Hall–Kier alpha value is 0.160. The van der Waals surface area contributed by atoms with Crippen molar-refractivity contribution < 1.29 is 9.47 Å². The van der Waals surface area contributed by atoms with Gasteiger partial charge in [-0.15, -0.1) is 0 Å². The molecule has 0 radical (unpaired) electrons. The fourth-order valence-corrected chi connectivity index (χ4v) is 1.35. The number of ether oxygens (including phenoxy) is 2. The lowest BCUT2D eigenvalue weighted by molar-refractivity contribution is -0.0213. The summed E-state index contributed by atoms with van der Waals surface area (Å²) < 4.78 is 10.7. The van der Waals surface area contributed by atoms with Crippen LogP contribution in [0.3, 0.4) is 0 Å². The summed E-state index contributed by atoms with van der Waals surface area (Å²) in [4.78, 5) is 0. The van der Waals surface area contributed by atoms with Crippen LogP contribution < -0.4 is 5.73 Å². The standard InChI is InChI=1S/C5H9NO2S2/c6-5(9)10-3-4-7-1-2-8-4/h4H,1-3H2,(H2,6,9). The van der Waals surface area contributed by atoms with Gasteiger partial charge in [-0.3, -0.25) is 0 Å². The molecule has 2 N–H and O–H groups in total. The van der Waals surface area contributed by atoms with Crippen LogP contribution in [-0.2, 0) is 9.47 Å². The van der Waals surface area contributed by atoms with E-state index in [0.717, 1.165) is 0 Å². The maximum Gasteiger partial charge on any atom is 0.167 e. The third-order valence-electron chi connectivity index (χ3n) is 1.05. The first-order chi connectivity index (χ1) is 4.79. The second kappa shape index (κ2) is 4.12. The Morgan fingerprint density at radius 3 is 2.70 bits per heavy atom. The number of hydrogen-bond acceptors (Lipinski definition) is 4. The summed E-state index contributed by atoms with van der Waals surface area (Å²) in [6.07, 6.45) is -0.105. The molecule has 1 aliphatic rings. The minimum absolute atomic E-state index is 0.105. The van der Waals surface area contributed by atoms with Crippen molar-refractivity contribution in [3.05, 3.63) is 0 Å². The molecule has 1 saturated heterocycles. The van der Waals surface area contributed by atoms with Crippen LogP contribution >= 0.6 is 24.0 Å². The molecule has 58 valence electrons. The molecule has 0 bridgehead atoms. The Labute approximate surface area is 69.2 Å². The van der Waals surface area contributed by atoms with Gasteiger partial charge in [-0.1, -0.05) is 24.0 Å². The Kier molecular flexibility index (Phi) is 3.41. The van der Waals surface area contributed by atoms with E-state index < -0.39 is 0 Å². The van der Waals surface area contributed by atoms with Gasteiger partial charge in [0.05, 0.1) is 19.0 Å². The van der Waals surface area contributed by atoms with Gasteiger partial charge in [0.1, 0.15) is 4.32 Å². The molecule has 1 rings (SSSR count). The fraction of sp³-hybridized carbons (Fsp3) is 0.800. The zero-order chi connectivity index (χ0) is 7.40. The summed E-state index contributed by atoms with van der Waals surface area (Å²) >= 11 is 6.05. The average molecular weight is 179 g/mol. The summed E-state index contributed by atoms with van der Waals surface area (Å²) in [5.74, 6) is 0.704. The van der Waals surface area contributed by atoms with E-state index in [1.165, 1.54) is 11.8 Å². The number of hydrogen-bond donors (Lipinski definition) is 1. The van der Waals surface area contributed by atoms with Gasteiger partial charge < -0.3 is 15.2 Å². The van der Waals surface area contributed by atoms with Crippen molar-refractivity contribution in [3.8, 4) is 0 Å². The van der Waals surface area contributed by atoms with Crippen LogP contribution in [0.5, 0.6) is 0 Å². The third kappa shape index (κ3) is 2.83. The van der Waals surface area contributed by atoms with Gasteiger partial charge >= 0.3 is 0 Å². The highest BCUT2D eigenvalue weighted by atomic mass is 32.2. The molecule has 1 aliphatic heterocycles. The smallest absolute Gasteiger partial charge is 0.167 e. The van der Waals surface area contributed by atoms with E-state index in [4.69, 9.17) is 15.2 Å². The first-order valence-electron chi connectivity index (χ1n) is 2.94. The highest BCUT2D eigenvalue weighted by Gasteiger charge is 2.15. The molecule has 1 heterocycles. The van der Waals surface area contributed by atoms with E-state index in [9.17, 15) is 0 Å². The molecule has 3 nitrogen and oxygen atoms in total. The molecule has 10 heavy (non-hydrogen) atoms. The second-order valence-electron chi connectivity index (χ2n) is 1.80. The van der Waals surface area contributed by atoms with Gasteiger partial charge in [0, 0.05) is 0 Å². The van der Waals surface area contributed by atoms with Crippen molar-refractivity contribution in [2.24, 2.45) is 5.73 Å². The molecule has 0 aromatic heterocycles. The van der Waals surface area contributed by atoms with Crippen molar-refractivity contribution >= 4 is 28.3 Å². The van der Waals surface area contributed by atoms with Crippen molar-refractivity contribution in [3.63, 3.8) is 0 Å². The van der Waals surface area contributed by atoms with Crippen LogP contribution in [0.15, 0.2) is 0 Å². The minimum Gasteiger partial charge on any atom is -0.385 e. The van der Waals surface area contributed by atoms with Crippen molar-refractivity contribution in [1.29, 1.82) is 0 Å². The van der Waals surface area contributed by atoms with E-state index >= 15 is 0 Å². The first kappa shape index (κ1) is 8.26. The van der Waals surface area contributed by atoms with Crippen LogP contribution in [0.1, 0.15) is 0 Å². The minimum atomic E-state index is -0.105. The Balaban J connectivity index is 2.07. The summed E-state index contributed by atoms with van der Waals surface area (Å²) in [6, 6.07) is 0. The zero-order valence-corrected chi connectivity index (χ0v) is 7.04. The van der Waals surface area contributed by atoms with Crippen molar-refractivity contribution in [2.45, 2.75) is 6.29 Å². The molecule has 0 unspecified atom stereocenters. The zero-order valence-electron chi connectivity index (χ0n) is 5.41. The topological polar surface area (TPSA) is 44.5 Å². The predicted octanol–water partition coefficient (Wildman–Crippen LogP) is 0.336. The molecule has 0 aliphatic carbocycles. The van der Waals surface area contributed by atoms with Crippen LogP contribution in [-0.4, -0.2) is 29.6 Å². The molecule has 5 heteroatoms.